The lowest BCUT2D eigenvalue weighted by atomic mass is 10.1. The highest BCUT2D eigenvalue weighted by molar-refractivity contribution is 4.89. The molecule has 1 N–H and O–H groups in total. The molecule has 7 nitrogen and oxygen atoms in total. The third-order valence-corrected chi connectivity index (χ3v) is 3.31. The number of nitrogens with one attached hydrogen (secondary N) is 1. The monoisotopic (exact) mass is 342 g/mol. The number of nitrogens with zero attached hydrogens (tertiary/aromatic N) is 3. The van der Waals surface area contributed by atoms with Crippen LogP contribution in [0.4, 0.5) is 0 Å². The number of hydrogen-bond donors (Lipinski definition) is 1. The van der Waals surface area contributed by atoms with Crippen LogP contribution in [-0.2, 0) is 27.4 Å². The lowest BCUT2D eigenvalue weighted by Gasteiger charge is -2.07. The smallest absolute Gasteiger partial charge is 0.108 e. The summed E-state index contributed by atoms with van der Waals surface area (Å²) < 4.78 is 18.4. The maximum absolute atomic E-state index is 5.55. The summed E-state index contributed by atoms with van der Waals surface area (Å²) in [7, 11) is 0. The standard InChI is InChI=1S/C17H34N4O3/c1-15(2)5-8-22-11-12-23-10-7-21-13-17(19-20-21)14-24-9-6-18-16(3)4/h13,15-16,18H,5-12,14H2,1-4H3. The zero-order chi connectivity index (χ0) is 17.6. The molecule has 0 spiro atoms. The van der Waals surface area contributed by atoms with Crippen LogP contribution in [0.2, 0.25) is 0 Å². The van der Waals surface area contributed by atoms with Crippen LogP contribution in [0.3, 0.4) is 0 Å². The van der Waals surface area contributed by atoms with Gasteiger partial charge in [-0.15, -0.1) is 5.10 Å². The van der Waals surface area contributed by atoms with E-state index in [2.05, 4.69) is 43.3 Å². The highest BCUT2D eigenvalue weighted by Crippen LogP contribution is 1.99. The van der Waals surface area contributed by atoms with Gasteiger partial charge in [0.05, 0.1) is 45.8 Å². The first-order chi connectivity index (χ1) is 11.6. The topological polar surface area (TPSA) is 70.4 Å². The van der Waals surface area contributed by atoms with E-state index in [9.17, 15) is 0 Å². The summed E-state index contributed by atoms with van der Waals surface area (Å²) in [5.74, 6) is 0.683. The van der Waals surface area contributed by atoms with Gasteiger partial charge in [-0.05, 0) is 12.3 Å². The summed E-state index contributed by atoms with van der Waals surface area (Å²) in [6.07, 6.45) is 3.00. The molecule has 0 aromatic carbocycles. The second kappa shape index (κ2) is 13.3. The van der Waals surface area contributed by atoms with E-state index in [1.165, 1.54) is 0 Å². The van der Waals surface area contributed by atoms with Gasteiger partial charge < -0.3 is 19.5 Å². The van der Waals surface area contributed by atoms with Crippen LogP contribution >= 0.6 is 0 Å². The van der Waals surface area contributed by atoms with Gasteiger partial charge in [-0.3, -0.25) is 0 Å². The maximum Gasteiger partial charge on any atom is 0.108 e. The van der Waals surface area contributed by atoms with Crippen LogP contribution in [0.15, 0.2) is 6.20 Å². The molecule has 0 unspecified atom stereocenters. The van der Waals surface area contributed by atoms with E-state index < -0.39 is 0 Å². The summed E-state index contributed by atoms with van der Waals surface area (Å²) in [5.41, 5.74) is 0.844. The molecule has 0 bridgehead atoms. The Morgan fingerprint density at radius 3 is 2.46 bits per heavy atom. The molecule has 0 saturated carbocycles. The highest BCUT2D eigenvalue weighted by Gasteiger charge is 2.01. The third-order valence-electron chi connectivity index (χ3n) is 3.31. The Balaban J connectivity index is 1.98. The summed E-state index contributed by atoms with van der Waals surface area (Å²) in [4.78, 5) is 0. The Labute approximate surface area is 146 Å². The second-order valence-electron chi connectivity index (χ2n) is 6.54. The van der Waals surface area contributed by atoms with Crippen molar-refractivity contribution < 1.29 is 14.2 Å². The molecule has 0 amide bonds. The Bertz CT molecular complexity index is 410. The molecule has 1 rings (SSSR count). The predicted molar refractivity (Wildman–Crippen MR) is 93.9 cm³/mol. The van der Waals surface area contributed by atoms with Gasteiger partial charge in [-0.25, -0.2) is 4.68 Å². The first-order valence-corrected chi connectivity index (χ1v) is 8.93. The molecule has 0 aliphatic rings. The normalized spacial score (nSPS) is 11.8. The SMILES string of the molecule is CC(C)CCOCCOCCn1cc(COCCNC(C)C)nn1. The van der Waals surface area contributed by atoms with E-state index in [0.717, 1.165) is 25.3 Å². The third kappa shape index (κ3) is 11.5. The van der Waals surface area contributed by atoms with Crippen molar-refractivity contribution in [3.05, 3.63) is 11.9 Å². The van der Waals surface area contributed by atoms with Gasteiger partial charge in [-0.2, -0.15) is 0 Å². The number of aromatic nitrogens is 3. The van der Waals surface area contributed by atoms with Crippen molar-refractivity contribution in [1.29, 1.82) is 0 Å². The number of ether oxygens (including phenoxy) is 3. The van der Waals surface area contributed by atoms with Crippen molar-refractivity contribution in [2.75, 3.05) is 39.6 Å². The average molecular weight is 342 g/mol. The minimum absolute atomic E-state index is 0.482. The zero-order valence-electron chi connectivity index (χ0n) is 15.7. The van der Waals surface area contributed by atoms with Gasteiger partial charge in [0.25, 0.3) is 0 Å². The molecule has 140 valence electrons. The van der Waals surface area contributed by atoms with Gasteiger partial charge in [0.1, 0.15) is 5.69 Å². The highest BCUT2D eigenvalue weighted by atomic mass is 16.5. The van der Waals surface area contributed by atoms with Crippen molar-refractivity contribution >= 4 is 0 Å². The molecule has 0 atom stereocenters. The van der Waals surface area contributed by atoms with Crippen molar-refractivity contribution in [2.24, 2.45) is 5.92 Å². The van der Waals surface area contributed by atoms with Crippen LogP contribution in [0.5, 0.6) is 0 Å². The average Bonchev–Trinajstić information content (AvgIpc) is 2.97. The van der Waals surface area contributed by atoms with Crippen LogP contribution in [0.25, 0.3) is 0 Å². The quantitative estimate of drug-likeness (QED) is 0.491. The fourth-order valence-corrected chi connectivity index (χ4v) is 1.91. The second-order valence-corrected chi connectivity index (χ2v) is 6.54. The molecule has 24 heavy (non-hydrogen) atoms. The van der Waals surface area contributed by atoms with E-state index in [0.29, 0.717) is 51.5 Å². The Kier molecular flexibility index (Phi) is 11.6. The number of rotatable bonds is 15. The minimum atomic E-state index is 0.482. The van der Waals surface area contributed by atoms with Gasteiger partial charge in [0.2, 0.25) is 0 Å². The van der Waals surface area contributed by atoms with E-state index >= 15 is 0 Å². The molecule has 0 aliphatic heterocycles. The predicted octanol–water partition coefficient (Wildman–Crippen LogP) is 1.87. The maximum atomic E-state index is 5.55. The minimum Gasteiger partial charge on any atom is -0.379 e. The van der Waals surface area contributed by atoms with Crippen molar-refractivity contribution in [3.63, 3.8) is 0 Å². The van der Waals surface area contributed by atoms with Crippen molar-refractivity contribution in [2.45, 2.75) is 53.3 Å². The number of hydrogen-bond acceptors (Lipinski definition) is 6. The van der Waals surface area contributed by atoms with Crippen molar-refractivity contribution in [1.82, 2.24) is 20.3 Å². The van der Waals surface area contributed by atoms with Gasteiger partial charge >= 0.3 is 0 Å². The Morgan fingerprint density at radius 1 is 1.00 bits per heavy atom. The zero-order valence-corrected chi connectivity index (χ0v) is 15.7. The van der Waals surface area contributed by atoms with Crippen molar-refractivity contribution in [3.8, 4) is 0 Å². The Morgan fingerprint density at radius 2 is 1.75 bits per heavy atom. The fraction of sp³-hybridized carbons (Fsp3) is 0.882. The molecule has 1 aromatic rings. The fourth-order valence-electron chi connectivity index (χ4n) is 1.91. The van der Waals surface area contributed by atoms with Gasteiger partial charge in [-0.1, -0.05) is 32.9 Å². The summed E-state index contributed by atoms with van der Waals surface area (Å²) in [6, 6.07) is 0.482. The molecule has 0 aliphatic carbocycles. The van der Waals surface area contributed by atoms with E-state index in [1.54, 1.807) is 4.68 Å². The van der Waals surface area contributed by atoms with Gasteiger partial charge in [0.15, 0.2) is 0 Å². The molecular weight excluding hydrogens is 308 g/mol. The van der Waals surface area contributed by atoms with Crippen LogP contribution in [0, 0.1) is 5.92 Å². The molecule has 1 aromatic heterocycles. The van der Waals surface area contributed by atoms with Crippen LogP contribution in [0.1, 0.15) is 39.8 Å². The summed E-state index contributed by atoms with van der Waals surface area (Å²) >= 11 is 0. The van der Waals surface area contributed by atoms with Gasteiger partial charge in [0, 0.05) is 19.2 Å². The molecule has 7 heteroatoms. The molecule has 0 fully saturated rings. The first kappa shape index (κ1) is 21.0. The lowest BCUT2D eigenvalue weighted by Crippen LogP contribution is -2.26. The summed E-state index contributed by atoms with van der Waals surface area (Å²) in [5, 5.41) is 11.5. The van der Waals surface area contributed by atoms with E-state index in [1.807, 2.05) is 6.20 Å². The molecular formula is C17H34N4O3. The molecule has 0 radical (unpaired) electrons. The first-order valence-electron chi connectivity index (χ1n) is 8.93. The van der Waals surface area contributed by atoms with E-state index in [4.69, 9.17) is 14.2 Å². The largest absolute Gasteiger partial charge is 0.379 e. The molecule has 0 saturated heterocycles. The van der Waals surface area contributed by atoms with Crippen LogP contribution < -0.4 is 5.32 Å². The summed E-state index contributed by atoms with van der Waals surface area (Å²) in [6.45, 7) is 14.0. The molecule has 1 heterocycles. The van der Waals surface area contributed by atoms with E-state index in [-0.39, 0.29) is 0 Å². The van der Waals surface area contributed by atoms with Crippen LogP contribution in [-0.4, -0.2) is 60.6 Å². The Hall–Kier alpha value is -1.02. The lowest BCUT2D eigenvalue weighted by molar-refractivity contribution is 0.0403.